The summed E-state index contributed by atoms with van der Waals surface area (Å²) in [5, 5.41) is 2.70. The predicted molar refractivity (Wildman–Crippen MR) is 151 cm³/mol. The van der Waals surface area contributed by atoms with E-state index in [1.807, 2.05) is 23.6 Å². The highest BCUT2D eigenvalue weighted by molar-refractivity contribution is 7.23. The summed E-state index contributed by atoms with van der Waals surface area (Å²) in [6.45, 7) is 0. The molecule has 0 radical (unpaired) electrons. The molecule has 3 heteroatoms. The molecule has 0 bridgehead atoms. The first kappa shape index (κ1) is 20.3. The van der Waals surface area contributed by atoms with Crippen molar-refractivity contribution in [1.29, 1.82) is 0 Å². The Morgan fingerprint density at radius 2 is 1.72 bits per heavy atom. The summed E-state index contributed by atoms with van der Waals surface area (Å²) in [5.74, 6) is 0.315. The minimum Gasteiger partial charge on any atom is -0.324 e. The molecule has 0 spiro atoms. The van der Waals surface area contributed by atoms with Crippen molar-refractivity contribution in [2.75, 3.05) is 4.90 Å². The van der Waals surface area contributed by atoms with Crippen molar-refractivity contribution in [2.45, 2.75) is 24.8 Å². The minimum atomic E-state index is 0.241. The third-order valence-electron chi connectivity index (χ3n) is 7.91. The van der Waals surface area contributed by atoms with Crippen LogP contribution in [0.2, 0.25) is 0 Å². The molecule has 3 aliphatic rings. The molecule has 0 saturated heterocycles. The van der Waals surface area contributed by atoms with Crippen LogP contribution >= 0.6 is 11.3 Å². The van der Waals surface area contributed by atoms with Gasteiger partial charge in [0, 0.05) is 39.0 Å². The number of allylic oxidation sites excluding steroid dienone is 3. The van der Waals surface area contributed by atoms with Crippen LogP contribution < -0.4 is 4.90 Å². The van der Waals surface area contributed by atoms with E-state index >= 15 is 0 Å². The van der Waals surface area contributed by atoms with E-state index in [4.69, 9.17) is 0 Å². The molecule has 2 aliphatic heterocycles. The maximum atomic E-state index is 4.67. The van der Waals surface area contributed by atoms with E-state index in [9.17, 15) is 0 Å². The van der Waals surface area contributed by atoms with E-state index in [1.165, 1.54) is 54.2 Å². The zero-order valence-electron chi connectivity index (χ0n) is 19.8. The summed E-state index contributed by atoms with van der Waals surface area (Å²) >= 11 is 1.93. The van der Waals surface area contributed by atoms with Crippen LogP contribution in [0.25, 0.3) is 32.5 Å². The Bertz CT molecular complexity index is 1710. The van der Waals surface area contributed by atoms with Crippen molar-refractivity contribution in [3.63, 3.8) is 0 Å². The van der Waals surface area contributed by atoms with Gasteiger partial charge in [-0.05, 0) is 65.4 Å². The van der Waals surface area contributed by atoms with E-state index in [2.05, 4.69) is 107 Å². The van der Waals surface area contributed by atoms with Crippen LogP contribution in [0, 0.1) is 0 Å². The topological polar surface area (TPSA) is 16.1 Å². The number of aromatic nitrogens is 1. The SMILES string of the molecule is C1=CC(C2c3ccccc3N3c4sc5ccccc5c4-c4cc(-c5ccccn5)ccc4C23)=CCC1. The lowest BCUT2D eigenvalue weighted by molar-refractivity contribution is 0.651. The molecule has 5 aromatic rings. The van der Waals surface area contributed by atoms with Gasteiger partial charge in [0.25, 0.3) is 0 Å². The second-order valence-corrected chi connectivity index (χ2v) is 10.9. The zero-order valence-corrected chi connectivity index (χ0v) is 20.6. The highest BCUT2D eigenvalue weighted by Gasteiger charge is 2.46. The third-order valence-corrected chi connectivity index (χ3v) is 9.08. The summed E-state index contributed by atoms with van der Waals surface area (Å²) in [6, 6.07) is 31.4. The molecule has 0 saturated carbocycles. The smallest absolute Gasteiger partial charge is 0.105 e. The molecule has 0 fully saturated rings. The van der Waals surface area contributed by atoms with Crippen LogP contribution in [-0.2, 0) is 0 Å². The Morgan fingerprint density at radius 1 is 0.833 bits per heavy atom. The number of hydrogen-bond donors (Lipinski definition) is 0. The molecular formula is C33H24N2S. The molecule has 2 aromatic heterocycles. The van der Waals surface area contributed by atoms with Gasteiger partial charge >= 0.3 is 0 Å². The van der Waals surface area contributed by atoms with Crippen molar-refractivity contribution in [1.82, 2.24) is 4.98 Å². The lowest BCUT2D eigenvalue weighted by atomic mass is 9.78. The molecule has 0 N–H and O–H groups in total. The molecule has 172 valence electrons. The fourth-order valence-corrected chi connectivity index (χ4v) is 7.67. The van der Waals surface area contributed by atoms with E-state index in [0.29, 0.717) is 5.92 Å². The number of para-hydroxylation sites is 1. The molecule has 0 amide bonds. The standard InChI is InChI=1S/C33H24N2S/c1-2-10-21(11-3-1)30-24-12-4-6-15-28(24)35-32(30)23-18-17-22(27-14-8-9-19-34-27)20-26(23)31-25-13-5-7-16-29(25)36-33(31)35/h2,4-20,30,32H,1,3H2. The van der Waals surface area contributed by atoms with Gasteiger partial charge in [-0.25, -0.2) is 0 Å². The van der Waals surface area contributed by atoms with E-state index in [-0.39, 0.29) is 6.04 Å². The molecular weight excluding hydrogens is 456 g/mol. The number of thiophene rings is 1. The summed E-state index contributed by atoms with van der Waals surface area (Å²) in [4.78, 5) is 7.31. The number of pyridine rings is 1. The van der Waals surface area contributed by atoms with E-state index in [0.717, 1.165) is 18.5 Å². The van der Waals surface area contributed by atoms with Crippen LogP contribution in [0.4, 0.5) is 10.7 Å². The van der Waals surface area contributed by atoms with Crippen molar-refractivity contribution in [2.24, 2.45) is 0 Å². The Hall–Kier alpha value is -3.95. The monoisotopic (exact) mass is 480 g/mol. The van der Waals surface area contributed by atoms with Gasteiger partial charge in [-0.2, -0.15) is 0 Å². The number of fused-ring (bicyclic) bond motifs is 10. The van der Waals surface area contributed by atoms with Crippen LogP contribution in [0.3, 0.4) is 0 Å². The van der Waals surface area contributed by atoms with Crippen molar-refractivity contribution in [3.8, 4) is 22.4 Å². The first-order chi connectivity index (χ1) is 17.9. The van der Waals surface area contributed by atoms with E-state index < -0.39 is 0 Å². The lowest BCUT2D eigenvalue weighted by Crippen LogP contribution is -2.26. The number of hydrogen-bond acceptors (Lipinski definition) is 3. The van der Waals surface area contributed by atoms with Gasteiger partial charge in [0.2, 0.25) is 0 Å². The van der Waals surface area contributed by atoms with Gasteiger partial charge in [0.05, 0.1) is 11.7 Å². The highest BCUT2D eigenvalue weighted by Crippen LogP contribution is 2.64. The molecule has 1 aliphatic carbocycles. The molecule has 8 rings (SSSR count). The lowest BCUT2D eigenvalue weighted by Gasteiger charge is -2.37. The fraction of sp³-hybridized carbons (Fsp3) is 0.121. The largest absolute Gasteiger partial charge is 0.324 e. The normalized spacial score (nSPS) is 19.4. The number of nitrogens with zero attached hydrogens (tertiary/aromatic N) is 2. The Kier molecular flexibility index (Phi) is 4.38. The Morgan fingerprint density at radius 3 is 2.61 bits per heavy atom. The average molecular weight is 481 g/mol. The van der Waals surface area contributed by atoms with Crippen LogP contribution in [-0.4, -0.2) is 4.98 Å². The first-order valence-corrected chi connectivity index (χ1v) is 13.5. The molecule has 2 unspecified atom stereocenters. The number of anilines is 2. The van der Waals surface area contributed by atoms with Gasteiger partial charge < -0.3 is 4.90 Å². The van der Waals surface area contributed by atoms with Crippen LogP contribution in [0.15, 0.2) is 115 Å². The maximum Gasteiger partial charge on any atom is 0.105 e. The van der Waals surface area contributed by atoms with Gasteiger partial charge in [0.15, 0.2) is 0 Å². The highest BCUT2D eigenvalue weighted by atomic mass is 32.1. The number of benzene rings is 3. The van der Waals surface area contributed by atoms with Crippen molar-refractivity contribution >= 4 is 32.1 Å². The molecule has 3 aromatic carbocycles. The number of rotatable bonds is 2. The first-order valence-electron chi connectivity index (χ1n) is 12.7. The summed E-state index contributed by atoms with van der Waals surface area (Å²) in [6.07, 6.45) is 11.3. The molecule has 2 nitrogen and oxygen atoms in total. The van der Waals surface area contributed by atoms with Crippen molar-refractivity contribution in [3.05, 3.63) is 126 Å². The van der Waals surface area contributed by atoms with Gasteiger partial charge in [0.1, 0.15) is 5.00 Å². The quantitative estimate of drug-likeness (QED) is 0.250. The third kappa shape index (κ3) is 2.81. The van der Waals surface area contributed by atoms with Crippen LogP contribution in [0.5, 0.6) is 0 Å². The summed E-state index contributed by atoms with van der Waals surface area (Å²) in [7, 11) is 0. The van der Waals surface area contributed by atoms with Crippen LogP contribution in [0.1, 0.15) is 35.9 Å². The fourth-order valence-electron chi connectivity index (χ4n) is 6.41. The predicted octanol–water partition coefficient (Wildman–Crippen LogP) is 9.20. The Labute approximate surface area is 214 Å². The zero-order chi connectivity index (χ0) is 23.6. The minimum absolute atomic E-state index is 0.241. The molecule has 36 heavy (non-hydrogen) atoms. The van der Waals surface area contributed by atoms with Gasteiger partial charge in [-0.3, -0.25) is 4.98 Å². The van der Waals surface area contributed by atoms with Gasteiger partial charge in [-0.1, -0.05) is 72.8 Å². The molecule has 4 heterocycles. The average Bonchev–Trinajstić information content (AvgIpc) is 3.50. The summed E-state index contributed by atoms with van der Waals surface area (Å²) in [5.41, 5.74) is 10.6. The second-order valence-electron chi connectivity index (χ2n) is 9.83. The van der Waals surface area contributed by atoms with Gasteiger partial charge in [-0.15, -0.1) is 11.3 Å². The van der Waals surface area contributed by atoms with Crippen molar-refractivity contribution < 1.29 is 0 Å². The van der Waals surface area contributed by atoms with E-state index in [1.54, 1.807) is 0 Å². The molecule has 2 atom stereocenters. The maximum absolute atomic E-state index is 4.67. The Balaban J connectivity index is 1.44. The second kappa shape index (κ2) is 7.78. The summed E-state index contributed by atoms with van der Waals surface area (Å²) < 4.78 is 1.34.